The van der Waals surface area contributed by atoms with Crippen LogP contribution in [0.1, 0.15) is 25.7 Å². The molecular weight excluding hydrogens is 227 g/mol. The first-order valence-electron chi connectivity index (χ1n) is 5.51. The molecule has 4 heteroatoms. The quantitative estimate of drug-likeness (QED) is 0.792. The molecule has 1 aliphatic heterocycles. The zero-order valence-electron chi connectivity index (χ0n) is 8.97. The summed E-state index contributed by atoms with van der Waals surface area (Å²) in [6.07, 6.45) is 4.44. The Labute approximate surface area is 99.5 Å². The lowest BCUT2D eigenvalue weighted by Crippen LogP contribution is -2.11. The van der Waals surface area contributed by atoms with Gasteiger partial charge >= 0.3 is 0 Å². The second-order valence-electron chi connectivity index (χ2n) is 3.89. The van der Waals surface area contributed by atoms with Crippen LogP contribution in [0.3, 0.4) is 0 Å². The molecule has 2 rings (SSSR count). The highest BCUT2D eigenvalue weighted by molar-refractivity contribution is 6.33. The van der Waals surface area contributed by atoms with Gasteiger partial charge in [-0.15, -0.1) is 0 Å². The molecule has 0 aromatic heterocycles. The van der Waals surface area contributed by atoms with Crippen LogP contribution in [-0.4, -0.2) is 12.4 Å². The lowest BCUT2D eigenvalue weighted by atomic mass is 10.2. The second-order valence-corrected chi connectivity index (χ2v) is 4.30. The van der Waals surface area contributed by atoms with Gasteiger partial charge in [0.15, 0.2) is 0 Å². The van der Waals surface area contributed by atoms with Crippen LogP contribution >= 0.6 is 11.6 Å². The van der Waals surface area contributed by atoms with E-state index in [0.29, 0.717) is 5.02 Å². The number of nitrogens with zero attached hydrogens (tertiary/aromatic N) is 1. The number of rotatable bonds is 1. The molecule has 0 saturated carbocycles. The summed E-state index contributed by atoms with van der Waals surface area (Å²) in [4.78, 5) is 4.44. The molecule has 1 aromatic rings. The Balaban J connectivity index is 2.10. The predicted molar refractivity (Wildman–Crippen MR) is 65.8 cm³/mol. The fourth-order valence-electron chi connectivity index (χ4n) is 1.72. The Morgan fingerprint density at radius 1 is 1.25 bits per heavy atom. The Morgan fingerprint density at radius 3 is 2.94 bits per heavy atom. The maximum Gasteiger partial charge on any atom is 0.124 e. The van der Waals surface area contributed by atoms with Crippen LogP contribution in [0.25, 0.3) is 0 Å². The van der Waals surface area contributed by atoms with Gasteiger partial charge in [0.2, 0.25) is 0 Å². The van der Waals surface area contributed by atoms with Gasteiger partial charge in [0.1, 0.15) is 11.7 Å². The molecule has 1 aromatic carbocycles. The first-order valence-corrected chi connectivity index (χ1v) is 5.89. The number of benzene rings is 1. The van der Waals surface area contributed by atoms with Gasteiger partial charge in [0, 0.05) is 13.0 Å². The van der Waals surface area contributed by atoms with Crippen molar-refractivity contribution in [3.8, 4) is 0 Å². The summed E-state index contributed by atoms with van der Waals surface area (Å²) in [6.45, 7) is 0.862. The van der Waals surface area contributed by atoms with E-state index in [2.05, 4.69) is 10.3 Å². The number of aliphatic imine (C=N–C) groups is 1. The molecule has 86 valence electrons. The summed E-state index contributed by atoms with van der Waals surface area (Å²) >= 11 is 5.93. The third-order valence-electron chi connectivity index (χ3n) is 2.58. The number of nitrogens with one attached hydrogen (secondary N) is 1. The molecule has 1 heterocycles. The van der Waals surface area contributed by atoms with Gasteiger partial charge < -0.3 is 5.32 Å². The van der Waals surface area contributed by atoms with Crippen LogP contribution in [0.2, 0.25) is 5.02 Å². The van der Waals surface area contributed by atoms with E-state index in [1.165, 1.54) is 18.6 Å². The maximum absolute atomic E-state index is 12.8. The van der Waals surface area contributed by atoms with Crippen molar-refractivity contribution in [3.63, 3.8) is 0 Å². The standard InChI is InChI=1S/C12H14ClFN2/c13-10-8-9(14)5-6-11(10)16-12-4-2-1-3-7-15-12/h5-6,8H,1-4,7H2,(H,15,16). The van der Waals surface area contributed by atoms with E-state index in [-0.39, 0.29) is 5.82 Å². The van der Waals surface area contributed by atoms with Crippen molar-refractivity contribution < 1.29 is 4.39 Å². The predicted octanol–water partition coefficient (Wildman–Crippen LogP) is 3.86. The van der Waals surface area contributed by atoms with Crippen molar-refractivity contribution in [1.82, 2.24) is 0 Å². The van der Waals surface area contributed by atoms with Crippen molar-refractivity contribution in [2.45, 2.75) is 25.7 Å². The van der Waals surface area contributed by atoms with E-state index < -0.39 is 0 Å². The van der Waals surface area contributed by atoms with Gasteiger partial charge in [-0.1, -0.05) is 18.0 Å². The summed E-state index contributed by atoms with van der Waals surface area (Å²) in [5.74, 6) is 0.629. The summed E-state index contributed by atoms with van der Waals surface area (Å²) in [7, 11) is 0. The molecule has 0 amide bonds. The molecule has 0 unspecified atom stereocenters. The monoisotopic (exact) mass is 240 g/mol. The molecule has 0 fully saturated rings. The fourth-order valence-corrected chi connectivity index (χ4v) is 1.94. The molecule has 0 radical (unpaired) electrons. The van der Waals surface area contributed by atoms with Crippen molar-refractivity contribution in [3.05, 3.63) is 29.0 Å². The smallest absolute Gasteiger partial charge is 0.124 e. The number of hydrogen-bond donors (Lipinski definition) is 1. The van der Waals surface area contributed by atoms with Gasteiger partial charge in [-0.25, -0.2) is 4.39 Å². The lowest BCUT2D eigenvalue weighted by Gasteiger charge is -2.09. The van der Waals surface area contributed by atoms with Crippen LogP contribution in [-0.2, 0) is 0 Å². The van der Waals surface area contributed by atoms with Crippen molar-refractivity contribution in [1.29, 1.82) is 0 Å². The van der Waals surface area contributed by atoms with E-state index in [1.54, 1.807) is 6.07 Å². The highest BCUT2D eigenvalue weighted by Gasteiger charge is 2.07. The second kappa shape index (κ2) is 5.30. The van der Waals surface area contributed by atoms with E-state index in [4.69, 9.17) is 11.6 Å². The third kappa shape index (κ3) is 2.95. The van der Waals surface area contributed by atoms with Crippen LogP contribution in [0, 0.1) is 5.82 Å². The number of halogens is 2. The number of amidine groups is 1. The minimum absolute atomic E-state index is 0.321. The summed E-state index contributed by atoms with van der Waals surface area (Å²) < 4.78 is 12.8. The topological polar surface area (TPSA) is 24.4 Å². The van der Waals surface area contributed by atoms with Crippen LogP contribution in [0.15, 0.2) is 23.2 Å². The molecule has 0 saturated heterocycles. The first-order chi connectivity index (χ1) is 7.75. The fraction of sp³-hybridized carbons (Fsp3) is 0.417. The average Bonchev–Trinajstić information content (AvgIpc) is 2.51. The lowest BCUT2D eigenvalue weighted by molar-refractivity contribution is 0.628. The largest absolute Gasteiger partial charge is 0.343 e. The van der Waals surface area contributed by atoms with Gasteiger partial charge in [0.05, 0.1) is 10.7 Å². The third-order valence-corrected chi connectivity index (χ3v) is 2.90. The van der Waals surface area contributed by atoms with Gasteiger partial charge in [-0.3, -0.25) is 4.99 Å². The Morgan fingerprint density at radius 2 is 2.12 bits per heavy atom. The Hall–Kier alpha value is -1.09. The minimum Gasteiger partial charge on any atom is -0.343 e. The zero-order chi connectivity index (χ0) is 11.4. The molecular formula is C12H14ClFN2. The normalized spacial score (nSPS) is 16.5. The van der Waals surface area contributed by atoms with Gasteiger partial charge in [-0.05, 0) is 31.0 Å². The first kappa shape index (κ1) is 11.4. The minimum atomic E-state index is -0.321. The van der Waals surface area contributed by atoms with Gasteiger partial charge in [-0.2, -0.15) is 0 Å². The molecule has 2 nitrogen and oxygen atoms in total. The Bertz CT molecular complexity index is 404. The van der Waals surface area contributed by atoms with Crippen molar-refractivity contribution in [2.75, 3.05) is 11.9 Å². The van der Waals surface area contributed by atoms with Crippen LogP contribution in [0.4, 0.5) is 10.1 Å². The molecule has 1 N–H and O–H groups in total. The molecule has 16 heavy (non-hydrogen) atoms. The SMILES string of the molecule is Fc1ccc(NC2=NCCCCC2)c(Cl)c1. The average molecular weight is 241 g/mol. The number of anilines is 1. The van der Waals surface area contributed by atoms with Crippen molar-refractivity contribution >= 4 is 23.1 Å². The molecule has 0 bridgehead atoms. The highest BCUT2D eigenvalue weighted by Crippen LogP contribution is 2.23. The summed E-state index contributed by atoms with van der Waals surface area (Å²) in [6, 6.07) is 4.34. The molecule has 0 spiro atoms. The summed E-state index contributed by atoms with van der Waals surface area (Å²) in [5, 5.41) is 3.56. The van der Waals surface area contributed by atoms with Gasteiger partial charge in [0.25, 0.3) is 0 Å². The maximum atomic E-state index is 12.8. The van der Waals surface area contributed by atoms with Crippen molar-refractivity contribution in [2.24, 2.45) is 4.99 Å². The molecule has 0 atom stereocenters. The zero-order valence-corrected chi connectivity index (χ0v) is 9.73. The van der Waals surface area contributed by atoms with E-state index in [1.807, 2.05) is 0 Å². The molecule has 0 aliphatic carbocycles. The van der Waals surface area contributed by atoms with E-state index >= 15 is 0 Å². The number of hydrogen-bond acceptors (Lipinski definition) is 2. The Kier molecular flexibility index (Phi) is 3.78. The molecule has 1 aliphatic rings. The van der Waals surface area contributed by atoms with Crippen LogP contribution < -0.4 is 5.32 Å². The van der Waals surface area contributed by atoms with E-state index in [9.17, 15) is 4.39 Å². The highest BCUT2D eigenvalue weighted by atomic mass is 35.5. The summed E-state index contributed by atoms with van der Waals surface area (Å²) in [5.41, 5.74) is 0.726. The van der Waals surface area contributed by atoms with Crippen LogP contribution in [0.5, 0.6) is 0 Å². The van der Waals surface area contributed by atoms with E-state index in [0.717, 1.165) is 37.3 Å².